The standard InChI is InChI=1S/C11H14ClNO2/c1-10(2)14-7-11(3,15-10)8-4-5-13-9(12)6-8/h4-6H,7H2,1-3H3. The lowest BCUT2D eigenvalue weighted by Gasteiger charge is -2.25. The van der Waals surface area contributed by atoms with Crippen LogP contribution < -0.4 is 0 Å². The van der Waals surface area contributed by atoms with E-state index in [4.69, 9.17) is 21.1 Å². The highest BCUT2D eigenvalue weighted by molar-refractivity contribution is 6.29. The fourth-order valence-corrected chi connectivity index (χ4v) is 1.96. The summed E-state index contributed by atoms with van der Waals surface area (Å²) in [7, 11) is 0. The van der Waals surface area contributed by atoms with Crippen LogP contribution in [0.1, 0.15) is 26.3 Å². The molecule has 0 saturated carbocycles. The Morgan fingerprint density at radius 3 is 2.67 bits per heavy atom. The summed E-state index contributed by atoms with van der Waals surface area (Å²) in [6.07, 6.45) is 1.68. The second-order valence-corrected chi connectivity index (χ2v) is 4.78. The number of nitrogens with zero attached hydrogens (tertiary/aromatic N) is 1. The highest BCUT2D eigenvalue weighted by atomic mass is 35.5. The van der Waals surface area contributed by atoms with Gasteiger partial charge in [0, 0.05) is 6.20 Å². The van der Waals surface area contributed by atoms with Crippen LogP contribution in [0.4, 0.5) is 0 Å². The molecule has 1 aliphatic heterocycles. The van der Waals surface area contributed by atoms with Crippen LogP contribution in [-0.4, -0.2) is 17.4 Å². The Balaban J connectivity index is 2.31. The number of ether oxygens (including phenoxy) is 2. The summed E-state index contributed by atoms with van der Waals surface area (Å²) >= 11 is 5.85. The van der Waals surface area contributed by atoms with Gasteiger partial charge in [0.1, 0.15) is 10.8 Å². The van der Waals surface area contributed by atoms with E-state index >= 15 is 0 Å². The molecule has 1 atom stereocenters. The van der Waals surface area contributed by atoms with E-state index < -0.39 is 11.4 Å². The zero-order valence-corrected chi connectivity index (χ0v) is 9.84. The van der Waals surface area contributed by atoms with Crippen LogP contribution in [-0.2, 0) is 15.1 Å². The largest absolute Gasteiger partial charge is 0.347 e. The zero-order chi connectivity index (χ0) is 11.1. The average molecular weight is 228 g/mol. The van der Waals surface area contributed by atoms with Crippen LogP contribution in [0.2, 0.25) is 5.15 Å². The van der Waals surface area contributed by atoms with Gasteiger partial charge in [-0.2, -0.15) is 0 Å². The second kappa shape index (κ2) is 3.44. The molecule has 1 aromatic rings. The molecule has 2 heterocycles. The number of rotatable bonds is 1. The van der Waals surface area contributed by atoms with Crippen LogP contribution in [0.5, 0.6) is 0 Å². The monoisotopic (exact) mass is 227 g/mol. The topological polar surface area (TPSA) is 31.4 Å². The van der Waals surface area contributed by atoms with Crippen molar-refractivity contribution in [1.29, 1.82) is 0 Å². The van der Waals surface area contributed by atoms with Gasteiger partial charge in [-0.15, -0.1) is 0 Å². The van der Waals surface area contributed by atoms with E-state index in [1.54, 1.807) is 6.20 Å². The van der Waals surface area contributed by atoms with E-state index in [-0.39, 0.29) is 0 Å². The van der Waals surface area contributed by atoms with Gasteiger partial charge < -0.3 is 9.47 Å². The Kier molecular flexibility index (Phi) is 2.49. The van der Waals surface area contributed by atoms with E-state index in [0.717, 1.165) is 5.56 Å². The molecule has 0 aliphatic carbocycles. The molecule has 1 saturated heterocycles. The second-order valence-electron chi connectivity index (χ2n) is 4.39. The minimum Gasteiger partial charge on any atom is -0.347 e. The maximum atomic E-state index is 5.87. The minimum atomic E-state index is -0.537. The normalized spacial score (nSPS) is 29.3. The van der Waals surface area contributed by atoms with Crippen LogP contribution in [0.15, 0.2) is 18.3 Å². The lowest BCUT2D eigenvalue weighted by Crippen LogP contribution is -2.28. The first kappa shape index (κ1) is 10.9. The Morgan fingerprint density at radius 1 is 1.40 bits per heavy atom. The molecule has 1 aromatic heterocycles. The van der Waals surface area contributed by atoms with Gasteiger partial charge in [0.05, 0.1) is 6.61 Å². The van der Waals surface area contributed by atoms with Crippen molar-refractivity contribution in [1.82, 2.24) is 4.98 Å². The average Bonchev–Trinajstić information content (AvgIpc) is 2.42. The molecule has 0 amide bonds. The van der Waals surface area contributed by atoms with Crippen molar-refractivity contribution < 1.29 is 9.47 Å². The lowest BCUT2D eigenvalue weighted by molar-refractivity contribution is -0.159. The molecule has 3 nitrogen and oxygen atoms in total. The quantitative estimate of drug-likeness (QED) is 0.692. The fourth-order valence-electron chi connectivity index (χ4n) is 1.79. The third-order valence-electron chi connectivity index (χ3n) is 2.50. The minimum absolute atomic E-state index is 0.434. The lowest BCUT2D eigenvalue weighted by atomic mass is 9.98. The van der Waals surface area contributed by atoms with Gasteiger partial charge in [-0.25, -0.2) is 4.98 Å². The van der Waals surface area contributed by atoms with Crippen LogP contribution in [0.3, 0.4) is 0 Å². The molecule has 0 aromatic carbocycles. The Hall–Kier alpha value is -0.640. The van der Waals surface area contributed by atoms with Crippen LogP contribution >= 0.6 is 11.6 Å². The Morgan fingerprint density at radius 2 is 2.13 bits per heavy atom. The fraction of sp³-hybridized carbons (Fsp3) is 0.545. The molecule has 0 spiro atoms. The number of halogens is 1. The number of hydrogen-bond acceptors (Lipinski definition) is 3. The summed E-state index contributed by atoms with van der Waals surface area (Å²) in [6, 6.07) is 3.71. The molecule has 0 bridgehead atoms. The first-order chi connectivity index (χ1) is 6.91. The first-order valence-corrected chi connectivity index (χ1v) is 5.25. The summed E-state index contributed by atoms with van der Waals surface area (Å²) in [6.45, 7) is 6.33. The summed E-state index contributed by atoms with van der Waals surface area (Å²) in [5, 5.41) is 0.474. The predicted octanol–water partition coefficient (Wildman–Crippen LogP) is 2.73. The molecule has 0 radical (unpaired) electrons. The van der Waals surface area contributed by atoms with Crippen molar-refractivity contribution >= 4 is 11.6 Å². The van der Waals surface area contributed by atoms with Gasteiger partial charge in [0.25, 0.3) is 0 Å². The summed E-state index contributed by atoms with van der Waals surface area (Å²) < 4.78 is 11.4. The first-order valence-electron chi connectivity index (χ1n) is 4.87. The smallest absolute Gasteiger partial charge is 0.164 e. The molecule has 82 valence electrons. The van der Waals surface area contributed by atoms with Gasteiger partial charge in [0.15, 0.2) is 5.79 Å². The van der Waals surface area contributed by atoms with Gasteiger partial charge in [0.2, 0.25) is 0 Å². The third-order valence-corrected chi connectivity index (χ3v) is 2.71. The maximum absolute atomic E-state index is 5.87. The summed E-state index contributed by atoms with van der Waals surface area (Å²) in [5.41, 5.74) is 0.559. The van der Waals surface area contributed by atoms with Crippen molar-refractivity contribution in [3.05, 3.63) is 29.0 Å². The molecular formula is C11H14ClNO2. The number of hydrogen-bond donors (Lipinski definition) is 0. The Labute approximate surface area is 94.4 Å². The third kappa shape index (κ3) is 2.14. The molecule has 0 N–H and O–H groups in total. The molecule has 15 heavy (non-hydrogen) atoms. The Bertz CT molecular complexity index is 381. The van der Waals surface area contributed by atoms with Crippen molar-refractivity contribution in [3.63, 3.8) is 0 Å². The van der Waals surface area contributed by atoms with E-state index in [1.165, 1.54) is 0 Å². The SMILES string of the molecule is CC1(C)OCC(C)(c2ccnc(Cl)c2)O1. The van der Waals surface area contributed by atoms with E-state index in [0.29, 0.717) is 11.8 Å². The van der Waals surface area contributed by atoms with Gasteiger partial charge in [-0.1, -0.05) is 11.6 Å². The van der Waals surface area contributed by atoms with Crippen molar-refractivity contribution in [3.8, 4) is 0 Å². The highest BCUT2D eigenvalue weighted by Gasteiger charge is 2.43. The maximum Gasteiger partial charge on any atom is 0.164 e. The molecule has 1 aliphatic rings. The summed E-state index contributed by atoms with van der Waals surface area (Å²) in [4.78, 5) is 3.95. The van der Waals surface area contributed by atoms with Gasteiger partial charge in [-0.05, 0) is 38.5 Å². The molecule has 1 unspecified atom stereocenters. The van der Waals surface area contributed by atoms with E-state index in [1.807, 2.05) is 32.9 Å². The predicted molar refractivity (Wildman–Crippen MR) is 57.7 cm³/mol. The highest BCUT2D eigenvalue weighted by Crippen LogP contribution is 2.38. The van der Waals surface area contributed by atoms with Crippen LogP contribution in [0.25, 0.3) is 0 Å². The van der Waals surface area contributed by atoms with E-state index in [9.17, 15) is 0 Å². The van der Waals surface area contributed by atoms with Gasteiger partial charge >= 0.3 is 0 Å². The molecule has 1 fully saturated rings. The van der Waals surface area contributed by atoms with Crippen molar-refractivity contribution in [2.75, 3.05) is 6.61 Å². The van der Waals surface area contributed by atoms with Crippen LogP contribution in [0, 0.1) is 0 Å². The van der Waals surface area contributed by atoms with E-state index in [2.05, 4.69) is 4.98 Å². The van der Waals surface area contributed by atoms with Crippen molar-refractivity contribution in [2.24, 2.45) is 0 Å². The molecule has 4 heteroatoms. The summed E-state index contributed by atoms with van der Waals surface area (Å²) in [5.74, 6) is -0.537. The van der Waals surface area contributed by atoms with Gasteiger partial charge in [-0.3, -0.25) is 0 Å². The van der Waals surface area contributed by atoms with Crippen molar-refractivity contribution in [2.45, 2.75) is 32.2 Å². The number of pyridine rings is 1. The molecule has 2 rings (SSSR count). The molecular weight excluding hydrogens is 214 g/mol. The zero-order valence-electron chi connectivity index (χ0n) is 9.08. The number of aromatic nitrogens is 1.